The maximum atomic E-state index is 12.9. The fraction of sp³-hybridized carbons (Fsp3) is 0.0870. The number of pyridine rings is 1. The van der Waals surface area contributed by atoms with Gasteiger partial charge in [0, 0.05) is 24.0 Å². The van der Waals surface area contributed by atoms with Crippen LogP contribution in [0, 0.1) is 0 Å². The number of benzene rings is 2. The van der Waals surface area contributed by atoms with Gasteiger partial charge in [-0.05, 0) is 47.5 Å². The number of rotatable bonds is 6. The van der Waals surface area contributed by atoms with Crippen LogP contribution in [0.1, 0.15) is 27.7 Å². The molecule has 0 saturated carbocycles. The average Bonchev–Trinajstić information content (AvgIpc) is 3.29. The Morgan fingerprint density at radius 3 is 2.34 bits per heavy atom. The lowest BCUT2D eigenvalue weighted by Gasteiger charge is -2.18. The lowest BCUT2D eigenvalue weighted by Crippen LogP contribution is -2.29. The number of aromatic nitrogens is 2. The zero-order chi connectivity index (χ0) is 20.1. The molecule has 6 nitrogen and oxygen atoms in total. The van der Waals surface area contributed by atoms with Gasteiger partial charge in [0.1, 0.15) is 11.4 Å². The molecule has 0 fully saturated rings. The molecular weight excluding hydrogens is 366 g/mol. The number of nitrogens with zero attached hydrogens (tertiary/aromatic N) is 2. The van der Waals surface area contributed by atoms with Gasteiger partial charge in [0.2, 0.25) is 5.76 Å². The van der Waals surface area contributed by atoms with E-state index in [1.165, 1.54) is 0 Å². The molecule has 6 heteroatoms. The number of hydrogen-bond acceptors (Lipinski definition) is 5. The number of nitrogens with one attached hydrogen (secondary N) is 1. The van der Waals surface area contributed by atoms with Crippen LogP contribution in [0.3, 0.4) is 0 Å². The number of ether oxygens (including phenoxy) is 1. The van der Waals surface area contributed by atoms with Crippen molar-refractivity contribution in [2.24, 2.45) is 0 Å². The highest BCUT2D eigenvalue weighted by Crippen LogP contribution is 2.24. The molecule has 2 aromatic heterocycles. The van der Waals surface area contributed by atoms with Crippen molar-refractivity contribution in [2.75, 3.05) is 7.11 Å². The molecule has 0 saturated heterocycles. The Bertz CT molecular complexity index is 1040. The van der Waals surface area contributed by atoms with Crippen molar-refractivity contribution >= 4 is 5.91 Å². The quantitative estimate of drug-likeness (QED) is 0.536. The minimum atomic E-state index is -0.345. The molecule has 0 unspecified atom stereocenters. The second-order valence-corrected chi connectivity index (χ2v) is 6.40. The highest BCUT2D eigenvalue weighted by molar-refractivity contribution is 5.93. The van der Waals surface area contributed by atoms with Gasteiger partial charge in [-0.2, -0.15) is 0 Å². The summed E-state index contributed by atoms with van der Waals surface area (Å²) in [4.78, 5) is 16.9. The molecule has 29 heavy (non-hydrogen) atoms. The monoisotopic (exact) mass is 385 g/mol. The molecule has 1 N–H and O–H groups in total. The van der Waals surface area contributed by atoms with Crippen LogP contribution in [0.2, 0.25) is 0 Å². The van der Waals surface area contributed by atoms with Crippen molar-refractivity contribution in [3.8, 4) is 17.0 Å². The van der Waals surface area contributed by atoms with Crippen molar-refractivity contribution in [1.29, 1.82) is 0 Å². The number of carbonyl (C=O) groups excluding carboxylic acids is 1. The number of amides is 1. The maximum Gasteiger partial charge on any atom is 0.290 e. The smallest absolute Gasteiger partial charge is 0.290 e. The van der Waals surface area contributed by atoms with Crippen molar-refractivity contribution in [3.63, 3.8) is 0 Å². The van der Waals surface area contributed by atoms with Gasteiger partial charge in [0.15, 0.2) is 0 Å². The molecule has 1 atom stereocenters. The molecule has 0 bridgehead atoms. The molecule has 0 aliphatic heterocycles. The van der Waals surface area contributed by atoms with E-state index in [1.54, 1.807) is 25.6 Å². The van der Waals surface area contributed by atoms with E-state index in [0.29, 0.717) is 5.69 Å². The van der Waals surface area contributed by atoms with Gasteiger partial charge in [-0.25, -0.2) is 0 Å². The van der Waals surface area contributed by atoms with Crippen LogP contribution in [0.4, 0.5) is 0 Å². The molecule has 144 valence electrons. The van der Waals surface area contributed by atoms with E-state index in [2.05, 4.69) is 15.5 Å². The Morgan fingerprint density at radius 2 is 1.66 bits per heavy atom. The summed E-state index contributed by atoms with van der Waals surface area (Å²) >= 11 is 0. The SMILES string of the molecule is COc1ccc(-c2cc(C(=O)N[C@H](c3ccccc3)c3ccncc3)on2)cc1. The molecule has 2 heterocycles. The maximum absolute atomic E-state index is 12.9. The summed E-state index contributed by atoms with van der Waals surface area (Å²) in [5.41, 5.74) is 3.30. The van der Waals surface area contributed by atoms with Crippen molar-refractivity contribution < 1.29 is 14.1 Å². The van der Waals surface area contributed by atoms with Gasteiger partial charge >= 0.3 is 0 Å². The first kappa shape index (κ1) is 18.4. The molecule has 4 rings (SSSR count). The van der Waals surface area contributed by atoms with Crippen LogP contribution >= 0.6 is 0 Å². The Morgan fingerprint density at radius 1 is 0.966 bits per heavy atom. The summed E-state index contributed by atoms with van der Waals surface area (Å²) in [7, 11) is 1.61. The molecular formula is C23H19N3O3. The summed E-state index contributed by atoms with van der Waals surface area (Å²) < 4.78 is 10.5. The second kappa shape index (κ2) is 8.39. The highest BCUT2D eigenvalue weighted by Gasteiger charge is 2.21. The predicted molar refractivity (Wildman–Crippen MR) is 108 cm³/mol. The summed E-state index contributed by atoms with van der Waals surface area (Å²) in [6.45, 7) is 0. The molecule has 0 aliphatic rings. The van der Waals surface area contributed by atoms with Crippen LogP contribution in [0.15, 0.2) is 89.7 Å². The average molecular weight is 385 g/mol. The van der Waals surface area contributed by atoms with E-state index in [1.807, 2.05) is 66.7 Å². The zero-order valence-corrected chi connectivity index (χ0v) is 15.8. The topological polar surface area (TPSA) is 77.2 Å². The third-order valence-corrected chi connectivity index (χ3v) is 4.57. The van der Waals surface area contributed by atoms with Crippen molar-refractivity contribution in [3.05, 3.63) is 102 Å². The largest absolute Gasteiger partial charge is 0.497 e. The van der Waals surface area contributed by atoms with Crippen LogP contribution in [-0.2, 0) is 0 Å². The Balaban J connectivity index is 1.57. The van der Waals surface area contributed by atoms with Crippen LogP contribution in [0.25, 0.3) is 11.3 Å². The van der Waals surface area contributed by atoms with Crippen molar-refractivity contribution in [2.45, 2.75) is 6.04 Å². The number of methoxy groups -OCH3 is 1. The predicted octanol–water partition coefficient (Wildman–Crippen LogP) is 4.26. The Labute approximate surface area is 168 Å². The molecule has 2 aromatic carbocycles. The van der Waals surface area contributed by atoms with E-state index < -0.39 is 0 Å². The fourth-order valence-electron chi connectivity index (χ4n) is 3.04. The standard InChI is InChI=1S/C23H19N3O3/c1-28-19-9-7-16(8-10-19)20-15-21(29-26-20)23(27)25-22(17-5-3-2-4-6-17)18-11-13-24-14-12-18/h2-15,22H,1H3,(H,25,27)/t22-/m1/s1. The van der Waals surface area contributed by atoms with E-state index in [0.717, 1.165) is 22.4 Å². The van der Waals surface area contributed by atoms with Gasteiger partial charge < -0.3 is 14.6 Å². The minimum absolute atomic E-state index is 0.144. The van der Waals surface area contributed by atoms with Gasteiger partial charge in [-0.3, -0.25) is 9.78 Å². The molecule has 4 aromatic rings. The van der Waals surface area contributed by atoms with Crippen molar-refractivity contribution in [1.82, 2.24) is 15.5 Å². The molecule has 0 aliphatic carbocycles. The third kappa shape index (κ3) is 4.16. The summed E-state index contributed by atoms with van der Waals surface area (Å²) in [6.07, 6.45) is 3.40. The Kier molecular flexibility index (Phi) is 5.33. The Hall–Kier alpha value is -3.93. The minimum Gasteiger partial charge on any atom is -0.497 e. The molecule has 0 spiro atoms. The fourth-order valence-corrected chi connectivity index (χ4v) is 3.04. The highest BCUT2D eigenvalue weighted by atomic mass is 16.5. The van der Waals surface area contributed by atoms with Crippen LogP contribution in [-0.4, -0.2) is 23.2 Å². The summed E-state index contributed by atoms with van der Waals surface area (Å²) in [5, 5.41) is 7.06. The third-order valence-electron chi connectivity index (χ3n) is 4.57. The first-order chi connectivity index (χ1) is 14.2. The normalized spacial score (nSPS) is 11.6. The van der Waals surface area contributed by atoms with Gasteiger partial charge in [0.05, 0.1) is 13.2 Å². The lowest BCUT2D eigenvalue weighted by atomic mass is 9.99. The van der Waals surface area contributed by atoms with E-state index >= 15 is 0 Å². The zero-order valence-electron chi connectivity index (χ0n) is 15.8. The second-order valence-electron chi connectivity index (χ2n) is 6.40. The number of carbonyl (C=O) groups is 1. The number of hydrogen-bond donors (Lipinski definition) is 1. The first-order valence-corrected chi connectivity index (χ1v) is 9.11. The van der Waals surface area contributed by atoms with E-state index in [-0.39, 0.29) is 17.7 Å². The lowest BCUT2D eigenvalue weighted by molar-refractivity contribution is 0.0906. The molecule has 1 amide bonds. The van der Waals surface area contributed by atoms with E-state index in [4.69, 9.17) is 9.26 Å². The summed E-state index contributed by atoms with van der Waals surface area (Å²) in [5.74, 6) is 0.548. The van der Waals surface area contributed by atoms with Gasteiger partial charge in [-0.1, -0.05) is 35.5 Å². The van der Waals surface area contributed by atoms with Gasteiger partial charge in [0.25, 0.3) is 5.91 Å². The van der Waals surface area contributed by atoms with Gasteiger partial charge in [-0.15, -0.1) is 0 Å². The first-order valence-electron chi connectivity index (χ1n) is 9.11. The summed E-state index contributed by atoms with van der Waals surface area (Å²) in [6, 6.07) is 22.2. The van der Waals surface area contributed by atoms with Crippen LogP contribution in [0.5, 0.6) is 5.75 Å². The van der Waals surface area contributed by atoms with E-state index in [9.17, 15) is 4.79 Å². The van der Waals surface area contributed by atoms with Crippen LogP contribution < -0.4 is 10.1 Å². The molecule has 0 radical (unpaired) electrons.